The van der Waals surface area contributed by atoms with Crippen molar-refractivity contribution in [3.8, 4) is 0 Å². The molecule has 1 amide bonds. The quantitative estimate of drug-likeness (QED) is 0.331. The van der Waals surface area contributed by atoms with Gasteiger partial charge in [0, 0.05) is 51.9 Å². The van der Waals surface area contributed by atoms with E-state index in [0.717, 1.165) is 38.1 Å². The first kappa shape index (κ1) is 24.0. The van der Waals surface area contributed by atoms with Crippen LogP contribution in [0.25, 0.3) is 0 Å². The van der Waals surface area contributed by atoms with Crippen LogP contribution in [0.15, 0.2) is 58.1 Å². The van der Waals surface area contributed by atoms with Gasteiger partial charge in [0.05, 0.1) is 6.26 Å². The van der Waals surface area contributed by atoms with Crippen molar-refractivity contribution in [2.24, 2.45) is 4.99 Å². The van der Waals surface area contributed by atoms with Gasteiger partial charge in [0.25, 0.3) is 0 Å². The van der Waals surface area contributed by atoms with Crippen LogP contribution in [-0.4, -0.2) is 63.1 Å². The third-order valence-electron chi connectivity index (χ3n) is 5.07. The number of likely N-dealkylation sites (N-methyl/N-ethyl adjacent to an activating group) is 1. The van der Waals surface area contributed by atoms with Crippen molar-refractivity contribution in [1.29, 1.82) is 0 Å². The Kier molecular flexibility index (Phi) is 9.99. The smallest absolute Gasteiger partial charge is 0.243 e. The van der Waals surface area contributed by atoms with Gasteiger partial charge in [-0.25, -0.2) is 4.99 Å². The molecule has 1 saturated heterocycles. The van der Waals surface area contributed by atoms with Gasteiger partial charge >= 0.3 is 0 Å². The van der Waals surface area contributed by atoms with E-state index in [9.17, 15) is 4.79 Å². The number of carbonyl (C=O) groups excluding carboxylic acids is 1. The number of carbonyl (C=O) groups is 1. The van der Waals surface area contributed by atoms with E-state index in [1.165, 1.54) is 5.69 Å². The van der Waals surface area contributed by atoms with E-state index < -0.39 is 0 Å². The second kappa shape index (κ2) is 12.5. The summed E-state index contributed by atoms with van der Waals surface area (Å²) in [5, 5.41) is 6.85. The summed E-state index contributed by atoms with van der Waals surface area (Å²) in [5.74, 6) is 1.60. The summed E-state index contributed by atoms with van der Waals surface area (Å²) in [6, 6.07) is 14.7. The number of piperidine rings is 1. The topological polar surface area (TPSA) is 73.1 Å². The van der Waals surface area contributed by atoms with Crippen LogP contribution in [-0.2, 0) is 11.2 Å². The molecular weight excluding hydrogens is 493 g/mol. The van der Waals surface area contributed by atoms with Crippen LogP contribution in [0.3, 0.4) is 0 Å². The maximum atomic E-state index is 11.9. The molecule has 8 heteroatoms. The molecule has 0 bridgehead atoms. The summed E-state index contributed by atoms with van der Waals surface area (Å²) < 4.78 is 5.38. The number of guanidine groups is 1. The molecule has 1 aromatic heterocycles. The highest BCUT2D eigenvalue weighted by atomic mass is 127. The number of rotatable bonds is 7. The van der Waals surface area contributed by atoms with Gasteiger partial charge in [-0.05, 0) is 37.1 Å². The Labute approximate surface area is 195 Å². The number of aliphatic imine (C=N–C) groups is 1. The molecule has 0 atom stereocenters. The van der Waals surface area contributed by atoms with E-state index in [0.29, 0.717) is 18.5 Å². The van der Waals surface area contributed by atoms with Crippen LogP contribution in [0.2, 0.25) is 0 Å². The predicted molar refractivity (Wildman–Crippen MR) is 132 cm³/mol. The molecule has 1 aliphatic rings. The summed E-state index contributed by atoms with van der Waals surface area (Å²) in [5.41, 5.74) is 1.27. The first-order valence-corrected chi connectivity index (χ1v) is 10.2. The minimum atomic E-state index is -0.0176. The van der Waals surface area contributed by atoms with E-state index in [1.54, 1.807) is 25.3 Å². The average Bonchev–Trinajstić information content (AvgIpc) is 3.26. The van der Waals surface area contributed by atoms with Crippen LogP contribution in [0, 0.1) is 0 Å². The third-order valence-corrected chi connectivity index (χ3v) is 5.07. The zero-order valence-electron chi connectivity index (χ0n) is 17.7. The Balaban J connectivity index is 0.00000320. The third kappa shape index (κ3) is 7.55. The number of nitrogens with one attached hydrogen (secondary N) is 2. The highest BCUT2D eigenvalue weighted by Gasteiger charge is 2.20. The Morgan fingerprint density at radius 2 is 1.90 bits per heavy atom. The Morgan fingerprint density at radius 1 is 1.17 bits per heavy atom. The Hall–Kier alpha value is -2.23. The highest BCUT2D eigenvalue weighted by molar-refractivity contribution is 14.0. The number of amides is 1. The van der Waals surface area contributed by atoms with Crippen molar-refractivity contribution < 1.29 is 9.21 Å². The van der Waals surface area contributed by atoms with Crippen molar-refractivity contribution in [2.45, 2.75) is 25.3 Å². The van der Waals surface area contributed by atoms with Crippen molar-refractivity contribution in [3.63, 3.8) is 0 Å². The largest absolute Gasteiger partial charge is 0.469 e. The van der Waals surface area contributed by atoms with Crippen molar-refractivity contribution in [1.82, 2.24) is 15.5 Å². The van der Waals surface area contributed by atoms with Gasteiger partial charge < -0.3 is 24.9 Å². The molecule has 0 aliphatic carbocycles. The van der Waals surface area contributed by atoms with Gasteiger partial charge in [0.15, 0.2) is 5.96 Å². The van der Waals surface area contributed by atoms with E-state index >= 15 is 0 Å². The maximum Gasteiger partial charge on any atom is 0.243 e. The number of benzene rings is 1. The zero-order chi connectivity index (χ0) is 20.5. The van der Waals surface area contributed by atoms with Crippen LogP contribution in [0.1, 0.15) is 18.6 Å². The van der Waals surface area contributed by atoms with Crippen LogP contribution in [0.4, 0.5) is 5.69 Å². The fraction of sp³-hybridized carbons (Fsp3) is 0.455. The molecule has 1 aromatic carbocycles. The molecule has 2 N–H and O–H groups in total. The lowest BCUT2D eigenvalue weighted by atomic mass is 10.0. The van der Waals surface area contributed by atoms with E-state index in [4.69, 9.17) is 4.42 Å². The summed E-state index contributed by atoms with van der Waals surface area (Å²) in [6.45, 7) is 2.82. The summed E-state index contributed by atoms with van der Waals surface area (Å²) in [6.07, 6.45) is 4.49. The Bertz CT molecular complexity index is 772. The van der Waals surface area contributed by atoms with E-state index in [1.807, 2.05) is 18.2 Å². The standard InChI is InChI=1S/C22H31N5O2.HI/c1-26(2)21(28)17-24-22(23-13-10-20-9-6-16-29-20)25-18-11-14-27(15-12-18)19-7-4-3-5-8-19;/h3-9,16,18H,10-15,17H2,1-2H3,(H2,23,24,25);1H. The maximum absolute atomic E-state index is 11.9. The molecule has 1 fully saturated rings. The molecular formula is C22H32IN5O2. The fourth-order valence-corrected chi connectivity index (χ4v) is 3.31. The first-order chi connectivity index (χ1) is 14.1. The van der Waals surface area contributed by atoms with Crippen molar-refractivity contribution in [3.05, 3.63) is 54.5 Å². The van der Waals surface area contributed by atoms with Gasteiger partial charge in [-0.2, -0.15) is 0 Å². The molecule has 164 valence electrons. The lowest BCUT2D eigenvalue weighted by Gasteiger charge is -2.34. The van der Waals surface area contributed by atoms with Crippen LogP contribution < -0.4 is 15.5 Å². The number of hydrogen-bond acceptors (Lipinski definition) is 4. The van der Waals surface area contributed by atoms with Gasteiger partial charge in [-0.1, -0.05) is 18.2 Å². The van der Waals surface area contributed by atoms with E-state index in [-0.39, 0.29) is 36.4 Å². The van der Waals surface area contributed by atoms with Crippen molar-refractivity contribution >= 4 is 41.5 Å². The lowest BCUT2D eigenvalue weighted by Crippen LogP contribution is -2.49. The van der Waals surface area contributed by atoms with Crippen LogP contribution in [0.5, 0.6) is 0 Å². The van der Waals surface area contributed by atoms with E-state index in [2.05, 4.69) is 44.8 Å². The summed E-state index contributed by atoms with van der Waals surface area (Å²) in [7, 11) is 3.49. The molecule has 30 heavy (non-hydrogen) atoms. The van der Waals surface area contributed by atoms with Gasteiger partial charge in [-0.15, -0.1) is 24.0 Å². The molecule has 0 radical (unpaired) electrons. The number of hydrogen-bond donors (Lipinski definition) is 2. The summed E-state index contributed by atoms with van der Waals surface area (Å²) >= 11 is 0. The molecule has 1 aliphatic heterocycles. The second-order valence-corrected chi connectivity index (χ2v) is 7.45. The number of halogens is 1. The molecule has 0 saturated carbocycles. The first-order valence-electron chi connectivity index (χ1n) is 10.2. The number of anilines is 1. The molecule has 2 heterocycles. The number of nitrogens with zero attached hydrogens (tertiary/aromatic N) is 3. The average molecular weight is 525 g/mol. The van der Waals surface area contributed by atoms with Crippen molar-refractivity contribution in [2.75, 3.05) is 45.2 Å². The second-order valence-electron chi connectivity index (χ2n) is 7.45. The van der Waals surface area contributed by atoms with Gasteiger partial charge in [-0.3, -0.25) is 4.79 Å². The number of furan rings is 1. The minimum absolute atomic E-state index is 0. The summed E-state index contributed by atoms with van der Waals surface area (Å²) in [4.78, 5) is 20.4. The van der Waals surface area contributed by atoms with Crippen LogP contribution >= 0.6 is 24.0 Å². The molecule has 7 nitrogen and oxygen atoms in total. The lowest BCUT2D eigenvalue weighted by molar-refractivity contribution is -0.127. The Morgan fingerprint density at radius 3 is 2.53 bits per heavy atom. The van der Waals surface area contributed by atoms with Gasteiger partial charge in [0.2, 0.25) is 5.91 Å². The fourth-order valence-electron chi connectivity index (χ4n) is 3.31. The zero-order valence-corrected chi connectivity index (χ0v) is 20.0. The molecule has 2 aromatic rings. The normalized spacial score (nSPS) is 14.7. The highest BCUT2D eigenvalue weighted by Crippen LogP contribution is 2.19. The number of para-hydroxylation sites is 1. The molecule has 0 spiro atoms. The van der Waals surface area contributed by atoms with Gasteiger partial charge in [0.1, 0.15) is 12.3 Å². The SMILES string of the molecule is CN(C)C(=O)CN=C(NCCc1ccco1)NC1CCN(c2ccccc2)CC1.I. The molecule has 0 unspecified atom stereocenters. The minimum Gasteiger partial charge on any atom is -0.469 e. The monoisotopic (exact) mass is 525 g/mol. The predicted octanol–water partition coefficient (Wildman–Crippen LogP) is 2.73. The molecule has 3 rings (SSSR count).